The van der Waals surface area contributed by atoms with Crippen LogP contribution in [0.25, 0.3) is 0 Å². The Hall–Kier alpha value is -1.32. The van der Waals surface area contributed by atoms with Crippen molar-refractivity contribution in [1.82, 2.24) is 9.69 Å². The number of anilines is 3. The molecule has 0 spiro atoms. The lowest BCUT2D eigenvalue weighted by molar-refractivity contribution is 0.254. The molecule has 1 heterocycles. The SMILES string of the molecule is CNC(=O)Nc1c(Nc2cc(Br)cc(Br)c2)s[nH]c1=O. The number of nitrogens with one attached hydrogen (secondary N) is 4. The van der Waals surface area contributed by atoms with Gasteiger partial charge in [0.15, 0.2) is 0 Å². The summed E-state index contributed by atoms with van der Waals surface area (Å²) in [7, 11) is 1.48. The molecule has 2 rings (SSSR count). The molecule has 0 bridgehead atoms. The maximum atomic E-state index is 11.7. The van der Waals surface area contributed by atoms with Crippen LogP contribution in [0.5, 0.6) is 0 Å². The van der Waals surface area contributed by atoms with Gasteiger partial charge < -0.3 is 16.0 Å². The van der Waals surface area contributed by atoms with Gasteiger partial charge in [-0.25, -0.2) is 4.79 Å². The minimum atomic E-state index is -0.452. The number of halogens is 2. The van der Waals surface area contributed by atoms with Gasteiger partial charge in [0.25, 0.3) is 5.56 Å². The molecule has 0 saturated carbocycles. The highest BCUT2D eigenvalue weighted by molar-refractivity contribution is 9.11. The number of carbonyl (C=O) groups excluding carboxylic acids is 1. The van der Waals surface area contributed by atoms with E-state index in [2.05, 4.69) is 52.2 Å². The van der Waals surface area contributed by atoms with Crippen LogP contribution in [-0.4, -0.2) is 17.5 Å². The molecule has 9 heteroatoms. The second-order valence-corrected chi connectivity index (χ2v) is 6.37. The van der Waals surface area contributed by atoms with E-state index in [9.17, 15) is 9.59 Å². The fourth-order valence-electron chi connectivity index (χ4n) is 1.44. The Labute approximate surface area is 135 Å². The summed E-state index contributed by atoms with van der Waals surface area (Å²) in [5.41, 5.74) is 0.613. The first-order chi connectivity index (χ1) is 9.49. The second-order valence-electron chi connectivity index (χ2n) is 3.72. The maximum Gasteiger partial charge on any atom is 0.319 e. The summed E-state index contributed by atoms with van der Waals surface area (Å²) in [5.74, 6) is 0. The van der Waals surface area contributed by atoms with E-state index in [4.69, 9.17) is 0 Å². The van der Waals surface area contributed by atoms with Crippen molar-refractivity contribution in [2.24, 2.45) is 0 Å². The Morgan fingerprint density at radius 3 is 2.50 bits per heavy atom. The first-order valence-electron chi connectivity index (χ1n) is 5.43. The second kappa shape index (κ2) is 6.42. The molecule has 0 atom stereocenters. The van der Waals surface area contributed by atoms with Gasteiger partial charge in [0.2, 0.25) is 0 Å². The lowest BCUT2D eigenvalue weighted by Gasteiger charge is -2.08. The van der Waals surface area contributed by atoms with Gasteiger partial charge in [0, 0.05) is 21.7 Å². The van der Waals surface area contributed by atoms with Gasteiger partial charge in [-0.15, -0.1) is 0 Å². The number of urea groups is 1. The first kappa shape index (κ1) is 15.1. The molecule has 0 unspecified atom stereocenters. The van der Waals surface area contributed by atoms with Crippen LogP contribution in [0.3, 0.4) is 0 Å². The van der Waals surface area contributed by atoms with Crippen LogP contribution in [0, 0.1) is 0 Å². The van der Waals surface area contributed by atoms with Crippen molar-refractivity contribution in [3.63, 3.8) is 0 Å². The molecule has 0 radical (unpaired) electrons. The normalized spacial score (nSPS) is 10.2. The van der Waals surface area contributed by atoms with Gasteiger partial charge >= 0.3 is 6.03 Å². The lowest BCUT2D eigenvalue weighted by Crippen LogP contribution is -2.27. The highest BCUT2D eigenvalue weighted by Gasteiger charge is 2.13. The highest BCUT2D eigenvalue weighted by Crippen LogP contribution is 2.30. The monoisotopic (exact) mass is 420 g/mol. The van der Waals surface area contributed by atoms with Crippen LogP contribution in [-0.2, 0) is 0 Å². The van der Waals surface area contributed by atoms with Crippen molar-refractivity contribution in [2.75, 3.05) is 17.7 Å². The number of rotatable bonds is 3. The molecule has 0 saturated heterocycles. The Kier molecular flexibility index (Phi) is 4.84. The average Bonchev–Trinajstić information content (AvgIpc) is 2.70. The number of amides is 2. The van der Waals surface area contributed by atoms with Gasteiger partial charge in [0.1, 0.15) is 10.7 Å². The predicted molar refractivity (Wildman–Crippen MR) is 88.1 cm³/mol. The molecule has 0 aliphatic carbocycles. The van der Waals surface area contributed by atoms with Gasteiger partial charge in [-0.3, -0.25) is 9.17 Å². The molecule has 1 aromatic heterocycles. The molecular weight excluding hydrogens is 412 g/mol. The summed E-state index contributed by atoms with van der Waals surface area (Å²) >= 11 is 7.88. The fraction of sp³-hybridized carbons (Fsp3) is 0.0909. The molecule has 0 aliphatic rings. The van der Waals surface area contributed by atoms with Crippen molar-refractivity contribution in [1.29, 1.82) is 0 Å². The predicted octanol–water partition coefficient (Wildman–Crippen LogP) is 3.46. The van der Waals surface area contributed by atoms with Gasteiger partial charge in [-0.1, -0.05) is 31.9 Å². The van der Waals surface area contributed by atoms with E-state index in [1.54, 1.807) is 0 Å². The molecule has 1 aromatic carbocycles. The molecule has 106 valence electrons. The molecular formula is C11H10Br2N4O2S. The third-order valence-corrected chi connectivity index (χ3v) is 4.00. The Morgan fingerprint density at radius 2 is 1.90 bits per heavy atom. The minimum Gasteiger partial charge on any atom is -0.344 e. The Morgan fingerprint density at radius 1 is 1.25 bits per heavy atom. The average molecular weight is 422 g/mol. The minimum absolute atomic E-state index is 0.186. The van der Waals surface area contributed by atoms with Gasteiger partial charge in [-0.05, 0) is 29.7 Å². The molecule has 20 heavy (non-hydrogen) atoms. The highest BCUT2D eigenvalue weighted by atomic mass is 79.9. The number of H-pyrrole nitrogens is 1. The third-order valence-electron chi connectivity index (χ3n) is 2.29. The molecule has 0 fully saturated rings. The van der Waals surface area contributed by atoms with Gasteiger partial charge in [0.05, 0.1) is 0 Å². The van der Waals surface area contributed by atoms with E-state index in [-0.39, 0.29) is 11.2 Å². The van der Waals surface area contributed by atoms with Crippen LogP contribution < -0.4 is 21.5 Å². The van der Waals surface area contributed by atoms with Crippen molar-refractivity contribution in [2.45, 2.75) is 0 Å². The Bertz CT molecular complexity index is 678. The van der Waals surface area contributed by atoms with E-state index in [1.165, 1.54) is 7.05 Å². The van der Waals surface area contributed by atoms with E-state index in [0.29, 0.717) is 5.00 Å². The zero-order chi connectivity index (χ0) is 14.7. The van der Waals surface area contributed by atoms with E-state index < -0.39 is 6.03 Å². The van der Waals surface area contributed by atoms with Crippen molar-refractivity contribution in [3.8, 4) is 0 Å². The molecule has 2 aromatic rings. The number of aromatic nitrogens is 1. The van der Waals surface area contributed by atoms with Gasteiger partial charge in [-0.2, -0.15) is 0 Å². The third kappa shape index (κ3) is 3.62. The number of hydrogen-bond donors (Lipinski definition) is 4. The zero-order valence-electron chi connectivity index (χ0n) is 10.2. The van der Waals surface area contributed by atoms with Crippen LogP contribution in [0.1, 0.15) is 0 Å². The summed E-state index contributed by atoms with van der Waals surface area (Å²) in [6, 6.07) is 5.17. The summed E-state index contributed by atoms with van der Waals surface area (Å²) in [6.45, 7) is 0. The summed E-state index contributed by atoms with van der Waals surface area (Å²) in [6.07, 6.45) is 0. The van der Waals surface area contributed by atoms with Crippen molar-refractivity contribution >= 4 is 65.8 Å². The number of hydrogen-bond acceptors (Lipinski definition) is 4. The number of benzene rings is 1. The van der Waals surface area contributed by atoms with E-state index in [0.717, 1.165) is 26.2 Å². The van der Waals surface area contributed by atoms with Crippen LogP contribution >= 0.6 is 43.4 Å². The molecule has 0 aliphatic heterocycles. The standard InChI is InChI=1S/C11H10Br2N4O2S/c1-14-11(19)16-8-9(18)17-20-10(8)15-7-3-5(12)2-6(13)4-7/h2-4,15H,1H3,(H,17,18)(H2,14,16,19). The zero-order valence-corrected chi connectivity index (χ0v) is 14.2. The molecule has 2 amide bonds. The van der Waals surface area contributed by atoms with E-state index in [1.807, 2.05) is 18.2 Å². The van der Waals surface area contributed by atoms with Crippen molar-refractivity contribution in [3.05, 3.63) is 37.5 Å². The molecule has 6 nitrogen and oxygen atoms in total. The quantitative estimate of drug-likeness (QED) is 0.612. The Balaban J connectivity index is 2.29. The topological polar surface area (TPSA) is 86.0 Å². The maximum absolute atomic E-state index is 11.7. The van der Waals surface area contributed by atoms with Crippen molar-refractivity contribution < 1.29 is 4.79 Å². The summed E-state index contributed by atoms with van der Waals surface area (Å²) in [4.78, 5) is 23.0. The van der Waals surface area contributed by atoms with Crippen LogP contribution in [0.15, 0.2) is 31.9 Å². The largest absolute Gasteiger partial charge is 0.344 e. The summed E-state index contributed by atoms with van der Waals surface area (Å²) < 4.78 is 4.35. The lowest BCUT2D eigenvalue weighted by atomic mass is 10.3. The molecule has 4 N–H and O–H groups in total. The number of aromatic amines is 1. The summed E-state index contributed by atoms with van der Waals surface area (Å²) in [5, 5.41) is 8.51. The van der Waals surface area contributed by atoms with Crippen LogP contribution in [0.2, 0.25) is 0 Å². The first-order valence-corrected chi connectivity index (χ1v) is 7.83. The fourth-order valence-corrected chi connectivity index (χ4v) is 3.44. The van der Waals surface area contributed by atoms with E-state index >= 15 is 0 Å². The number of carbonyl (C=O) groups is 1. The van der Waals surface area contributed by atoms with Crippen LogP contribution in [0.4, 0.5) is 21.2 Å². The smallest absolute Gasteiger partial charge is 0.319 e.